The number of aromatic nitrogens is 6. The van der Waals surface area contributed by atoms with Crippen LogP contribution in [0.15, 0.2) is 55.0 Å². The summed E-state index contributed by atoms with van der Waals surface area (Å²) >= 11 is 0. The van der Waals surface area contributed by atoms with E-state index >= 15 is 0 Å². The van der Waals surface area contributed by atoms with E-state index in [0.29, 0.717) is 39.8 Å². The Balaban J connectivity index is 1.44. The van der Waals surface area contributed by atoms with E-state index in [2.05, 4.69) is 20.3 Å². The highest BCUT2D eigenvalue weighted by Crippen LogP contribution is 2.39. The third-order valence-electron chi connectivity index (χ3n) is 6.70. The molecule has 1 fully saturated rings. The number of pyridine rings is 2. The van der Waals surface area contributed by atoms with Crippen LogP contribution in [0.25, 0.3) is 39.2 Å². The van der Waals surface area contributed by atoms with E-state index in [1.807, 2.05) is 0 Å². The molecule has 190 valence electrons. The van der Waals surface area contributed by atoms with Crippen molar-refractivity contribution in [2.24, 2.45) is 12.8 Å². The van der Waals surface area contributed by atoms with Crippen LogP contribution in [0.3, 0.4) is 0 Å². The van der Waals surface area contributed by atoms with Gasteiger partial charge in [-0.2, -0.15) is 18.3 Å². The summed E-state index contributed by atoms with van der Waals surface area (Å²) in [6.07, 6.45) is 0.692. The van der Waals surface area contributed by atoms with E-state index in [4.69, 9.17) is 5.73 Å². The SMILES string of the molecule is Cn1cc(-c2cc3nc(-c4nnc5ccc([C@@H](N6CC[C@H](N)C6)C(F)(F)F)cn45)ccc3cc2F)cn1. The molecular formula is C25H22F4N8. The fourth-order valence-electron chi connectivity index (χ4n) is 4.95. The Hall–Kier alpha value is -3.90. The van der Waals surface area contributed by atoms with Crippen LogP contribution in [0.1, 0.15) is 18.0 Å². The first-order chi connectivity index (χ1) is 17.7. The van der Waals surface area contributed by atoms with Crippen molar-refractivity contribution in [2.75, 3.05) is 13.1 Å². The molecule has 12 heteroatoms. The highest BCUT2D eigenvalue weighted by Gasteiger charge is 2.46. The summed E-state index contributed by atoms with van der Waals surface area (Å²) < 4.78 is 60.3. The fraction of sp³-hybridized carbons (Fsp3) is 0.280. The first-order valence-corrected chi connectivity index (χ1v) is 11.7. The minimum atomic E-state index is -4.49. The quantitative estimate of drug-likeness (QED) is 0.366. The van der Waals surface area contributed by atoms with Crippen LogP contribution in [-0.2, 0) is 7.05 Å². The average molecular weight is 510 g/mol. The van der Waals surface area contributed by atoms with Crippen molar-refractivity contribution in [3.05, 3.63) is 66.4 Å². The lowest BCUT2D eigenvalue weighted by Gasteiger charge is -2.30. The first kappa shape index (κ1) is 23.5. The standard InChI is InChI=1S/C25H22F4N8/c1-35-11-16(10-31-35)18-9-21-14(8-19(18)26)2-4-20(32-21)24-34-33-22-5-3-15(12-37(22)24)23(25(27,28)29)36-7-6-17(30)13-36/h2-5,8-12,17,23H,6-7,13,30H2,1H3/t17-,23+/m0/s1. The van der Waals surface area contributed by atoms with Crippen molar-refractivity contribution >= 4 is 16.6 Å². The fourth-order valence-corrected chi connectivity index (χ4v) is 4.95. The van der Waals surface area contributed by atoms with Gasteiger partial charge in [0.05, 0.1) is 11.7 Å². The van der Waals surface area contributed by atoms with Crippen LogP contribution in [0.2, 0.25) is 0 Å². The number of alkyl halides is 3. The second-order valence-electron chi connectivity index (χ2n) is 9.33. The zero-order valence-corrected chi connectivity index (χ0v) is 19.7. The summed E-state index contributed by atoms with van der Waals surface area (Å²) in [6, 6.07) is 7.21. The maximum atomic E-state index is 14.8. The molecule has 0 saturated carbocycles. The normalized spacial score (nSPS) is 17.7. The molecule has 1 aliphatic heterocycles. The minimum absolute atomic E-state index is 0.0666. The molecule has 5 aromatic rings. The monoisotopic (exact) mass is 510 g/mol. The van der Waals surface area contributed by atoms with Gasteiger partial charge in [0.1, 0.15) is 17.6 Å². The molecule has 6 rings (SSSR count). The molecule has 1 aliphatic rings. The van der Waals surface area contributed by atoms with Gasteiger partial charge in [-0.15, -0.1) is 10.2 Å². The molecule has 37 heavy (non-hydrogen) atoms. The van der Waals surface area contributed by atoms with Gasteiger partial charge in [-0.05, 0) is 36.2 Å². The summed E-state index contributed by atoms with van der Waals surface area (Å²) in [6.45, 7) is 0.430. The molecular weight excluding hydrogens is 488 g/mol. The Kier molecular flexibility index (Phi) is 5.46. The van der Waals surface area contributed by atoms with Crippen molar-refractivity contribution in [3.63, 3.8) is 0 Å². The Morgan fingerprint density at radius 2 is 1.92 bits per heavy atom. The lowest BCUT2D eigenvalue weighted by atomic mass is 10.1. The maximum absolute atomic E-state index is 14.8. The number of aryl methyl sites for hydroxylation is 1. The van der Waals surface area contributed by atoms with Gasteiger partial charge in [-0.1, -0.05) is 12.1 Å². The lowest BCUT2D eigenvalue weighted by Crippen LogP contribution is -2.38. The van der Waals surface area contributed by atoms with Crippen molar-refractivity contribution in [2.45, 2.75) is 24.7 Å². The Bertz CT molecular complexity index is 1620. The molecule has 0 unspecified atom stereocenters. The summed E-state index contributed by atoms with van der Waals surface area (Å²) in [5, 5.41) is 13.0. The van der Waals surface area contributed by atoms with E-state index in [1.165, 1.54) is 33.7 Å². The predicted octanol–water partition coefficient (Wildman–Crippen LogP) is 4.12. The van der Waals surface area contributed by atoms with Gasteiger partial charge >= 0.3 is 6.18 Å². The van der Waals surface area contributed by atoms with Crippen LogP contribution in [0, 0.1) is 5.82 Å². The molecule has 5 heterocycles. The number of fused-ring (bicyclic) bond motifs is 2. The van der Waals surface area contributed by atoms with Gasteiger partial charge < -0.3 is 5.73 Å². The van der Waals surface area contributed by atoms with Crippen LogP contribution in [0.5, 0.6) is 0 Å². The highest BCUT2D eigenvalue weighted by molar-refractivity contribution is 5.86. The van der Waals surface area contributed by atoms with Gasteiger partial charge in [-0.25, -0.2) is 9.37 Å². The van der Waals surface area contributed by atoms with Gasteiger partial charge in [0.2, 0.25) is 0 Å². The topological polar surface area (TPSA) is 90.2 Å². The smallest absolute Gasteiger partial charge is 0.326 e. The number of likely N-dealkylation sites (tertiary alicyclic amines) is 1. The number of rotatable bonds is 4. The molecule has 0 aliphatic carbocycles. The zero-order chi connectivity index (χ0) is 25.9. The summed E-state index contributed by atoms with van der Waals surface area (Å²) in [5.74, 6) is -0.127. The summed E-state index contributed by atoms with van der Waals surface area (Å²) in [5.41, 5.74) is 8.19. The number of hydrogen-bond donors (Lipinski definition) is 1. The Morgan fingerprint density at radius 1 is 1.08 bits per heavy atom. The molecule has 2 N–H and O–H groups in total. The number of halogens is 4. The van der Waals surface area contributed by atoms with Crippen LogP contribution in [-0.4, -0.2) is 59.6 Å². The third kappa shape index (κ3) is 4.21. The third-order valence-corrected chi connectivity index (χ3v) is 6.70. The van der Waals surface area contributed by atoms with Crippen LogP contribution >= 0.6 is 0 Å². The number of benzene rings is 1. The molecule has 0 amide bonds. The van der Waals surface area contributed by atoms with E-state index in [-0.39, 0.29) is 30.5 Å². The number of hydrogen-bond acceptors (Lipinski definition) is 6. The van der Waals surface area contributed by atoms with Gasteiger partial charge in [0, 0.05) is 55.1 Å². The highest BCUT2D eigenvalue weighted by atomic mass is 19.4. The largest absolute Gasteiger partial charge is 0.408 e. The van der Waals surface area contributed by atoms with Gasteiger partial charge in [-0.3, -0.25) is 14.0 Å². The Labute approximate surface area is 208 Å². The van der Waals surface area contributed by atoms with Crippen LogP contribution in [0.4, 0.5) is 17.6 Å². The van der Waals surface area contributed by atoms with E-state index < -0.39 is 18.0 Å². The van der Waals surface area contributed by atoms with E-state index in [0.717, 1.165) is 0 Å². The minimum Gasteiger partial charge on any atom is -0.326 e. The summed E-state index contributed by atoms with van der Waals surface area (Å²) in [7, 11) is 1.74. The predicted molar refractivity (Wildman–Crippen MR) is 129 cm³/mol. The van der Waals surface area contributed by atoms with Gasteiger partial charge in [0.25, 0.3) is 0 Å². The van der Waals surface area contributed by atoms with Crippen molar-refractivity contribution in [3.8, 4) is 22.6 Å². The molecule has 4 aromatic heterocycles. The zero-order valence-electron chi connectivity index (χ0n) is 19.7. The van der Waals surface area contributed by atoms with Crippen molar-refractivity contribution in [1.82, 2.24) is 34.3 Å². The van der Waals surface area contributed by atoms with Crippen LogP contribution < -0.4 is 5.73 Å². The summed E-state index contributed by atoms with van der Waals surface area (Å²) in [4.78, 5) is 6.01. The lowest BCUT2D eigenvalue weighted by molar-refractivity contribution is -0.183. The molecule has 0 spiro atoms. The number of nitrogens with two attached hydrogens (primary N) is 1. The second-order valence-corrected chi connectivity index (χ2v) is 9.33. The maximum Gasteiger partial charge on any atom is 0.408 e. The Morgan fingerprint density at radius 3 is 2.62 bits per heavy atom. The van der Waals surface area contributed by atoms with Crippen molar-refractivity contribution in [1.29, 1.82) is 0 Å². The van der Waals surface area contributed by atoms with Crippen molar-refractivity contribution < 1.29 is 17.6 Å². The van der Waals surface area contributed by atoms with E-state index in [1.54, 1.807) is 42.3 Å². The molecule has 2 atom stereocenters. The average Bonchev–Trinajstić information content (AvgIpc) is 3.57. The molecule has 8 nitrogen and oxygen atoms in total. The van der Waals surface area contributed by atoms with E-state index in [9.17, 15) is 17.6 Å². The number of nitrogens with zero attached hydrogens (tertiary/aromatic N) is 7. The molecule has 0 radical (unpaired) electrons. The molecule has 1 aromatic carbocycles. The van der Waals surface area contributed by atoms with Gasteiger partial charge in [0.15, 0.2) is 11.5 Å². The molecule has 0 bridgehead atoms. The second kappa shape index (κ2) is 8.60. The first-order valence-electron chi connectivity index (χ1n) is 11.7. The molecule has 1 saturated heterocycles.